The Hall–Kier alpha value is -2.54. The molecule has 0 bridgehead atoms. The fourth-order valence-electron chi connectivity index (χ4n) is 3.17. The van der Waals surface area contributed by atoms with Crippen molar-refractivity contribution in [1.82, 2.24) is 5.43 Å². The van der Waals surface area contributed by atoms with E-state index in [0.29, 0.717) is 32.6 Å². The van der Waals surface area contributed by atoms with Crippen LogP contribution in [-0.2, 0) is 17.8 Å². The van der Waals surface area contributed by atoms with Gasteiger partial charge in [-0.2, -0.15) is 5.10 Å². The second kappa shape index (κ2) is 12.2. The molecule has 0 spiro atoms. The molecular formula is C26H25BrCl2N2O3. The molecule has 3 aromatic rings. The minimum atomic E-state index is -0.191. The normalized spacial score (nSPS) is 11.0. The molecule has 5 nitrogen and oxygen atoms in total. The van der Waals surface area contributed by atoms with Gasteiger partial charge in [0.1, 0.15) is 6.61 Å². The van der Waals surface area contributed by atoms with E-state index in [9.17, 15) is 4.79 Å². The number of rotatable bonds is 9. The first kappa shape index (κ1) is 26.1. The fourth-order valence-corrected chi connectivity index (χ4v) is 4.21. The van der Waals surface area contributed by atoms with Crippen LogP contribution in [0.3, 0.4) is 0 Å². The molecule has 0 fully saturated rings. The van der Waals surface area contributed by atoms with Crippen molar-refractivity contribution in [1.29, 1.82) is 0 Å². The minimum absolute atomic E-state index is 0.191. The number of hydrazone groups is 1. The first-order valence-corrected chi connectivity index (χ1v) is 12.2. The van der Waals surface area contributed by atoms with E-state index in [0.717, 1.165) is 22.3 Å². The molecular weight excluding hydrogens is 539 g/mol. The second-order valence-electron chi connectivity index (χ2n) is 7.68. The van der Waals surface area contributed by atoms with Gasteiger partial charge in [-0.05, 0) is 83.2 Å². The zero-order chi connectivity index (χ0) is 24.7. The summed E-state index contributed by atoms with van der Waals surface area (Å²) >= 11 is 15.8. The number of ether oxygens (including phenoxy) is 2. The highest BCUT2D eigenvalue weighted by atomic mass is 79.9. The van der Waals surface area contributed by atoms with Gasteiger partial charge in [0.05, 0.1) is 23.7 Å². The predicted octanol–water partition coefficient (Wildman–Crippen LogP) is 7.04. The van der Waals surface area contributed by atoms with E-state index in [1.165, 1.54) is 5.56 Å². The van der Waals surface area contributed by atoms with Crippen LogP contribution in [0.15, 0.2) is 58.1 Å². The highest BCUT2D eigenvalue weighted by molar-refractivity contribution is 9.10. The van der Waals surface area contributed by atoms with Crippen LogP contribution in [0.4, 0.5) is 0 Å². The molecule has 0 aromatic heterocycles. The number of nitrogens with one attached hydrogen (secondary N) is 1. The molecule has 0 aliphatic heterocycles. The lowest BCUT2D eigenvalue weighted by Crippen LogP contribution is -2.19. The number of hydrogen-bond donors (Lipinski definition) is 1. The molecule has 3 aromatic carbocycles. The summed E-state index contributed by atoms with van der Waals surface area (Å²) in [4.78, 5) is 12.3. The highest BCUT2D eigenvalue weighted by Gasteiger charge is 2.13. The molecule has 0 heterocycles. The van der Waals surface area contributed by atoms with Gasteiger partial charge in [0.15, 0.2) is 11.5 Å². The van der Waals surface area contributed by atoms with Gasteiger partial charge in [-0.25, -0.2) is 5.43 Å². The average Bonchev–Trinajstić information content (AvgIpc) is 2.77. The first-order chi connectivity index (χ1) is 16.3. The average molecular weight is 564 g/mol. The molecule has 0 radical (unpaired) electrons. The zero-order valence-corrected chi connectivity index (χ0v) is 22.2. The molecule has 0 saturated carbocycles. The zero-order valence-electron chi connectivity index (χ0n) is 19.1. The lowest BCUT2D eigenvalue weighted by Gasteiger charge is -2.15. The lowest BCUT2D eigenvalue weighted by molar-refractivity contribution is -0.120. The smallest absolute Gasteiger partial charge is 0.244 e. The number of benzene rings is 3. The van der Waals surface area contributed by atoms with Crippen molar-refractivity contribution in [2.45, 2.75) is 33.8 Å². The van der Waals surface area contributed by atoms with Gasteiger partial charge in [-0.1, -0.05) is 47.5 Å². The number of carbonyl (C=O) groups is 1. The van der Waals surface area contributed by atoms with Crippen molar-refractivity contribution in [3.63, 3.8) is 0 Å². The Kier molecular flexibility index (Phi) is 9.39. The molecule has 1 amide bonds. The monoisotopic (exact) mass is 562 g/mol. The maximum Gasteiger partial charge on any atom is 0.244 e. The van der Waals surface area contributed by atoms with Gasteiger partial charge in [-0.3, -0.25) is 4.79 Å². The minimum Gasteiger partial charge on any atom is -0.490 e. The highest BCUT2D eigenvalue weighted by Crippen LogP contribution is 2.37. The first-order valence-electron chi connectivity index (χ1n) is 10.7. The third-order valence-electron chi connectivity index (χ3n) is 5.06. The van der Waals surface area contributed by atoms with Gasteiger partial charge >= 0.3 is 0 Å². The van der Waals surface area contributed by atoms with E-state index < -0.39 is 0 Å². The van der Waals surface area contributed by atoms with Crippen LogP contribution < -0.4 is 14.9 Å². The largest absolute Gasteiger partial charge is 0.490 e. The Morgan fingerprint density at radius 1 is 1.06 bits per heavy atom. The number of nitrogens with zero attached hydrogens (tertiary/aromatic N) is 1. The van der Waals surface area contributed by atoms with Crippen molar-refractivity contribution < 1.29 is 14.3 Å². The second-order valence-corrected chi connectivity index (χ2v) is 9.37. The SMILES string of the molecule is CCOc1cc(/C=N\NC(=O)Cc2ccc(C)c(C)c2)cc(Br)c1OCc1ccc(Cl)cc1Cl. The summed E-state index contributed by atoms with van der Waals surface area (Å²) in [6.45, 7) is 6.66. The number of amides is 1. The van der Waals surface area contributed by atoms with Gasteiger partial charge in [0, 0.05) is 15.6 Å². The van der Waals surface area contributed by atoms with E-state index >= 15 is 0 Å². The number of carbonyl (C=O) groups excluding carboxylic acids is 1. The topological polar surface area (TPSA) is 59.9 Å². The van der Waals surface area contributed by atoms with Gasteiger partial charge in [0.2, 0.25) is 5.91 Å². The number of hydrogen-bond acceptors (Lipinski definition) is 4. The summed E-state index contributed by atoms with van der Waals surface area (Å²) in [6.07, 6.45) is 1.82. The van der Waals surface area contributed by atoms with Gasteiger partial charge < -0.3 is 9.47 Å². The summed E-state index contributed by atoms with van der Waals surface area (Å²) in [5.41, 5.74) is 7.41. The van der Waals surface area contributed by atoms with Crippen LogP contribution in [0.2, 0.25) is 10.0 Å². The molecule has 0 unspecified atom stereocenters. The Labute approximate surface area is 218 Å². The van der Waals surface area contributed by atoms with Gasteiger partial charge in [-0.15, -0.1) is 0 Å². The lowest BCUT2D eigenvalue weighted by atomic mass is 10.0. The predicted molar refractivity (Wildman–Crippen MR) is 141 cm³/mol. The summed E-state index contributed by atoms with van der Waals surface area (Å²) < 4.78 is 12.4. The summed E-state index contributed by atoms with van der Waals surface area (Å²) in [7, 11) is 0. The van der Waals surface area contributed by atoms with Crippen molar-refractivity contribution in [2.24, 2.45) is 5.10 Å². The van der Waals surface area contributed by atoms with Crippen molar-refractivity contribution in [3.8, 4) is 11.5 Å². The molecule has 0 aliphatic rings. The molecule has 178 valence electrons. The quantitative estimate of drug-likeness (QED) is 0.224. The molecule has 3 rings (SSSR count). The van der Waals surface area contributed by atoms with Crippen molar-refractivity contribution in [3.05, 3.63) is 90.9 Å². The Balaban J connectivity index is 1.68. The van der Waals surface area contributed by atoms with Crippen LogP contribution in [0.1, 0.15) is 34.7 Å². The number of aryl methyl sites for hydroxylation is 2. The van der Waals surface area contributed by atoms with E-state index in [2.05, 4.69) is 26.5 Å². The Bertz CT molecular complexity index is 1210. The standard InChI is InChI=1S/C26H25BrCl2N2O3/c1-4-33-24-11-19(14-30-31-25(32)12-18-6-5-16(2)17(3)9-18)10-22(27)26(24)34-15-20-7-8-21(28)13-23(20)29/h5-11,13-14H,4,12,15H2,1-3H3,(H,31,32)/b30-14-. The number of halogens is 3. The van der Waals surface area contributed by atoms with Crippen LogP contribution in [0.25, 0.3) is 0 Å². The van der Waals surface area contributed by atoms with Gasteiger partial charge in [0.25, 0.3) is 0 Å². The Morgan fingerprint density at radius 3 is 2.56 bits per heavy atom. The van der Waals surface area contributed by atoms with Crippen LogP contribution in [0, 0.1) is 13.8 Å². The Morgan fingerprint density at radius 2 is 1.85 bits per heavy atom. The molecule has 0 saturated heterocycles. The van der Waals surface area contributed by atoms with Crippen molar-refractivity contribution in [2.75, 3.05) is 6.61 Å². The third-order valence-corrected chi connectivity index (χ3v) is 6.23. The molecule has 8 heteroatoms. The molecule has 0 atom stereocenters. The maximum absolute atomic E-state index is 12.3. The third kappa shape index (κ3) is 7.23. The molecule has 1 N–H and O–H groups in total. The van der Waals surface area contributed by atoms with Crippen molar-refractivity contribution >= 4 is 51.3 Å². The van der Waals surface area contributed by atoms with Crippen LogP contribution >= 0.6 is 39.1 Å². The van der Waals surface area contributed by atoms with E-state index in [4.69, 9.17) is 32.7 Å². The van der Waals surface area contributed by atoms with E-state index in [1.807, 2.05) is 51.1 Å². The maximum atomic E-state index is 12.3. The van der Waals surface area contributed by atoms with Crippen LogP contribution in [-0.4, -0.2) is 18.7 Å². The summed E-state index contributed by atoms with van der Waals surface area (Å²) in [5.74, 6) is 0.900. The van der Waals surface area contributed by atoms with E-state index in [-0.39, 0.29) is 18.9 Å². The van der Waals surface area contributed by atoms with Crippen LogP contribution in [0.5, 0.6) is 11.5 Å². The van der Waals surface area contributed by atoms with E-state index in [1.54, 1.807) is 24.4 Å². The fraction of sp³-hybridized carbons (Fsp3) is 0.231. The molecule has 34 heavy (non-hydrogen) atoms. The molecule has 0 aliphatic carbocycles. The summed E-state index contributed by atoms with van der Waals surface area (Å²) in [5, 5.41) is 5.19. The summed E-state index contributed by atoms with van der Waals surface area (Å²) in [6, 6.07) is 14.9.